The Kier molecular flexibility index (Phi) is 5.35. The van der Waals surface area contributed by atoms with Crippen LogP contribution in [0.3, 0.4) is 0 Å². The Morgan fingerprint density at radius 1 is 1.03 bits per heavy atom. The normalized spacial score (nSPS) is 12.8. The Balaban J connectivity index is 1.62. The van der Waals surface area contributed by atoms with Gasteiger partial charge >= 0.3 is 0 Å². The molecule has 0 spiro atoms. The minimum absolute atomic E-state index is 0.00735. The van der Waals surface area contributed by atoms with E-state index >= 15 is 0 Å². The van der Waals surface area contributed by atoms with Crippen molar-refractivity contribution in [2.24, 2.45) is 4.99 Å². The van der Waals surface area contributed by atoms with E-state index in [2.05, 4.69) is 4.99 Å². The predicted molar refractivity (Wildman–Crippen MR) is 118 cm³/mol. The summed E-state index contributed by atoms with van der Waals surface area (Å²) >= 11 is 1.28. The summed E-state index contributed by atoms with van der Waals surface area (Å²) in [4.78, 5) is 15.5. The van der Waals surface area contributed by atoms with E-state index in [0.29, 0.717) is 22.8 Å². The maximum atomic E-state index is 14.3. The van der Waals surface area contributed by atoms with Crippen LogP contribution in [0.25, 0.3) is 11.3 Å². The van der Waals surface area contributed by atoms with Gasteiger partial charge in [0, 0.05) is 23.6 Å². The summed E-state index contributed by atoms with van der Waals surface area (Å²) in [5.74, 6) is -0.168. The second-order valence-corrected chi connectivity index (χ2v) is 8.03. The van der Waals surface area contributed by atoms with Crippen molar-refractivity contribution in [1.82, 2.24) is 4.57 Å². The summed E-state index contributed by atoms with van der Waals surface area (Å²) in [6.07, 6.45) is 0. The lowest BCUT2D eigenvalue weighted by molar-refractivity contribution is -0.384. The third-order valence-electron chi connectivity index (χ3n) is 5.08. The number of hydrogen-bond donors (Lipinski definition) is 0. The fourth-order valence-corrected chi connectivity index (χ4v) is 4.37. The molecule has 166 valence electrons. The molecule has 0 saturated carbocycles. The Morgan fingerprint density at radius 2 is 1.82 bits per heavy atom. The lowest BCUT2D eigenvalue weighted by Crippen LogP contribution is -2.16. The quantitative estimate of drug-likeness (QED) is 0.290. The average molecular weight is 467 g/mol. The second-order valence-electron chi connectivity index (χ2n) is 7.19. The van der Waals surface area contributed by atoms with Gasteiger partial charge in [-0.1, -0.05) is 6.07 Å². The number of thiazole rings is 1. The maximum Gasteiger partial charge on any atom is 0.269 e. The number of fused-ring (bicyclic) bond motifs is 1. The molecule has 0 atom stereocenters. The fourth-order valence-electron chi connectivity index (χ4n) is 3.45. The van der Waals surface area contributed by atoms with Gasteiger partial charge in [-0.15, -0.1) is 11.3 Å². The molecule has 0 radical (unpaired) electrons. The van der Waals surface area contributed by atoms with Crippen LogP contribution in [-0.4, -0.2) is 16.3 Å². The zero-order chi connectivity index (χ0) is 22.9. The highest BCUT2D eigenvalue weighted by atomic mass is 32.1. The standard InChI is InChI=1S/C23H15F2N3O4S/c24-16-4-7-19(18(25)10-16)26-23-27(11-14-1-8-21-22(9-14)32-13-31-21)20(12-33-23)15-2-5-17(6-3-15)28(29)30/h1-10,12H,11,13H2. The van der Waals surface area contributed by atoms with Gasteiger partial charge in [0.2, 0.25) is 6.79 Å². The van der Waals surface area contributed by atoms with Crippen LogP contribution in [0.4, 0.5) is 20.2 Å². The van der Waals surface area contributed by atoms with Crippen LogP contribution in [0.5, 0.6) is 11.5 Å². The summed E-state index contributed by atoms with van der Waals surface area (Å²) in [6, 6.07) is 14.9. The van der Waals surface area contributed by atoms with Gasteiger partial charge in [0.05, 0.1) is 17.2 Å². The van der Waals surface area contributed by atoms with Gasteiger partial charge in [-0.25, -0.2) is 13.8 Å². The number of hydrogen-bond acceptors (Lipinski definition) is 6. The Bertz CT molecular complexity index is 1430. The highest BCUT2D eigenvalue weighted by Gasteiger charge is 2.16. The van der Waals surface area contributed by atoms with E-state index in [-0.39, 0.29) is 18.2 Å². The van der Waals surface area contributed by atoms with Crippen LogP contribution >= 0.6 is 11.3 Å². The number of nitrogens with zero attached hydrogens (tertiary/aromatic N) is 3. The number of rotatable bonds is 5. The van der Waals surface area contributed by atoms with Crippen molar-refractivity contribution in [2.45, 2.75) is 6.54 Å². The number of benzene rings is 3. The Hall–Kier alpha value is -4.05. The van der Waals surface area contributed by atoms with E-state index in [1.54, 1.807) is 12.1 Å². The van der Waals surface area contributed by atoms with Crippen LogP contribution < -0.4 is 14.3 Å². The summed E-state index contributed by atoms with van der Waals surface area (Å²) in [6.45, 7) is 0.525. The molecule has 0 bridgehead atoms. The lowest BCUT2D eigenvalue weighted by atomic mass is 10.1. The minimum atomic E-state index is -0.769. The number of nitro groups is 1. The van der Waals surface area contributed by atoms with Crippen LogP contribution in [0.2, 0.25) is 0 Å². The van der Waals surface area contributed by atoms with E-state index in [1.165, 1.54) is 29.5 Å². The van der Waals surface area contributed by atoms with Crippen molar-refractivity contribution in [2.75, 3.05) is 6.79 Å². The van der Waals surface area contributed by atoms with Crippen molar-refractivity contribution < 1.29 is 23.2 Å². The van der Waals surface area contributed by atoms with E-state index < -0.39 is 16.6 Å². The third kappa shape index (κ3) is 4.20. The zero-order valence-corrected chi connectivity index (χ0v) is 17.7. The molecule has 33 heavy (non-hydrogen) atoms. The summed E-state index contributed by atoms with van der Waals surface area (Å²) in [5, 5.41) is 12.9. The third-order valence-corrected chi connectivity index (χ3v) is 5.94. The molecule has 4 aromatic rings. The first-order valence-electron chi connectivity index (χ1n) is 9.79. The topological polar surface area (TPSA) is 78.9 Å². The van der Waals surface area contributed by atoms with E-state index in [1.807, 2.05) is 28.1 Å². The summed E-state index contributed by atoms with van der Waals surface area (Å²) in [5.41, 5.74) is 2.36. The average Bonchev–Trinajstić information content (AvgIpc) is 3.42. The molecular weight excluding hydrogens is 452 g/mol. The molecule has 3 aromatic carbocycles. The first kappa shape index (κ1) is 20.8. The molecule has 1 aliphatic rings. The number of halogens is 2. The fraction of sp³-hybridized carbons (Fsp3) is 0.0870. The smallest absolute Gasteiger partial charge is 0.269 e. The number of aromatic nitrogens is 1. The van der Waals surface area contributed by atoms with Gasteiger partial charge in [-0.2, -0.15) is 0 Å². The highest BCUT2D eigenvalue weighted by molar-refractivity contribution is 7.07. The number of nitro benzene ring substituents is 1. The molecule has 0 aliphatic carbocycles. The molecule has 0 N–H and O–H groups in total. The van der Waals surface area contributed by atoms with E-state index in [9.17, 15) is 18.9 Å². The molecule has 0 fully saturated rings. The maximum absolute atomic E-state index is 14.3. The predicted octanol–water partition coefficient (Wildman–Crippen LogP) is 5.41. The molecule has 7 nitrogen and oxygen atoms in total. The monoisotopic (exact) mass is 467 g/mol. The lowest BCUT2D eigenvalue weighted by Gasteiger charge is -2.10. The summed E-state index contributed by atoms with van der Waals surface area (Å²) < 4.78 is 40.3. The molecule has 2 heterocycles. The highest BCUT2D eigenvalue weighted by Crippen LogP contribution is 2.33. The van der Waals surface area contributed by atoms with Crippen LogP contribution in [0.15, 0.2) is 71.0 Å². The first-order chi connectivity index (χ1) is 16.0. The number of non-ortho nitro benzene ring substituents is 1. The van der Waals surface area contributed by atoms with Crippen molar-refractivity contribution in [3.63, 3.8) is 0 Å². The Labute approximate surface area is 190 Å². The zero-order valence-electron chi connectivity index (χ0n) is 16.9. The first-order valence-corrected chi connectivity index (χ1v) is 10.7. The molecule has 5 rings (SSSR count). The molecule has 0 saturated heterocycles. The van der Waals surface area contributed by atoms with Crippen molar-refractivity contribution in [3.8, 4) is 22.8 Å². The second kappa shape index (κ2) is 8.47. The molecule has 0 amide bonds. The minimum Gasteiger partial charge on any atom is -0.454 e. The molecule has 0 unspecified atom stereocenters. The van der Waals surface area contributed by atoms with Crippen molar-refractivity contribution in [1.29, 1.82) is 0 Å². The largest absolute Gasteiger partial charge is 0.454 e. The van der Waals surface area contributed by atoms with Gasteiger partial charge in [-0.05, 0) is 47.5 Å². The van der Waals surface area contributed by atoms with Crippen molar-refractivity contribution in [3.05, 3.63) is 98.2 Å². The molecule has 10 heteroatoms. The van der Waals surface area contributed by atoms with E-state index in [0.717, 1.165) is 29.0 Å². The SMILES string of the molecule is O=[N+]([O-])c1ccc(-c2csc(=Nc3ccc(F)cc3F)n2Cc2ccc3c(c2)OCO3)cc1. The van der Waals surface area contributed by atoms with Gasteiger partial charge in [0.25, 0.3) is 5.69 Å². The molecule has 1 aromatic heterocycles. The molecule has 1 aliphatic heterocycles. The number of ether oxygens (including phenoxy) is 2. The van der Waals surface area contributed by atoms with Crippen molar-refractivity contribution >= 4 is 22.7 Å². The van der Waals surface area contributed by atoms with E-state index in [4.69, 9.17) is 9.47 Å². The van der Waals surface area contributed by atoms with Gasteiger partial charge in [0.15, 0.2) is 22.1 Å². The van der Waals surface area contributed by atoms with Gasteiger partial charge in [-0.3, -0.25) is 10.1 Å². The molecular formula is C23H15F2N3O4S. The summed E-state index contributed by atoms with van der Waals surface area (Å²) in [7, 11) is 0. The van der Waals surface area contributed by atoms with Crippen LogP contribution in [-0.2, 0) is 6.54 Å². The van der Waals surface area contributed by atoms with Gasteiger partial charge < -0.3 is 14.0 Å². The Morgan fingerprint density at radius 3 is 2.58 bits per heavy atom. The van der Waals surface area contributed by atoms with Crippen LogP contribution in [0, 0.1) is 21.7 Å². The van der Waals surface area contributed by atoms with Gasteiger partial charge in [0.1, 0.15) is 11.5 Å². The van der Waals surface area contributed by atoms with Crippen LogP contribution in [0.1, 0.15) is 5.56 Å².